The van der Waals surface area contributed by atoms with Crippen LogP contribution in [0.3, 0.4) is 0 Å². The first-order chi connectivity index (χ1) is 19.6. The van der Waals surface area contributed by atoms with E-state index in [1.54, 1.807) is 24.3 Å². The van der Waals surface area contributed by atoms with Crippen LogP contribution in [0.25, 0.3) is 64.6 Å². The fourth-order valence-corrected chi connectivity index (χ4v) is 5.41. The Balaban J connectivity index is 1.55. The third kappa shape index (κ3) is 4.57. The lowest BCUT2D eigenvalue weighted by Gasteiger charge is -2.05. The van der Waals surface area contributed by atoms with E-state index < -0.39 is 0 Å². The SMILES string of the molecule is O=c1ccc2ccc3ccc4ccc(ccc(=O)ccc5ccc6ccc7ccc(cc1)cc7c6c5)cc4c3c2. The summed E-state index contributed by atoms with van der Waals surface area (Å²) >= 11 is 0. The quantitative estimate of drug-likeness (QED) is 0.190. The summed E-state index contributed by atoms with van der Waals surface area (Å²) in [5.74, 6) is 0. The summed E-state index contributed by atoms with van der Waals surface area (Å²) in [7, 11) is 0. The molecule has 0 amide bonds. The van der Waals surface area contributed by atoms with E-state index in [1.165, 1.54) is 0 Å². The van der Waals surface area contributed by atoms with Gasteiger partial charge in [0, 0.05) is 0 Å². The van der Waals surface area contributed by atoms with Crippen LogP contribution in [0.15, 0.2) is 155 Å². The molecule has 2 heteroatoms. The first-order valence-corrected chi connectivity index (χ1v) is 13.3. The highest BCUT2D eigenvalue weighted by atomic mass is 16.1. The second-order valence-electron chi connectivity index (χ2n) is 10.2. The molecule has 7 rings (SSSR count). The van der Waals surface area contributed by atoms with Gasteiger partial charge in [-0.25, -0.2) is 0 Å². The molecule has 0 spiro atoms. The van der Waals surface area contributed by atoms with Crippen molar-refractivity contribution in [2.45, 2.75) is 0 Å². The zero-order valence-corrected chi connectivity index (χ0v) is 21.7. The van der Waals surface area contributed by atoms with Crippen LogP contribution < -0.4 is 10.9 Å². The minimum absolute atomic E-state index is 0.0670. The molecule has 0 aromatic heterocycles. The predicted octanol–water partition coefficient (Wildman–Crippen LogP) is 9.01. The third-order valence-corrected chi connectivity index (χ3v) is 7.53. The first kappa shape index (κ1) is 23.8. The van der Waals surface area contributed by atoms with Gasteiger partial charge in [-0.15, -0.1) is 0 Å². The van der Waals surface area contributed by atoms with Crippen molar-refractivity contribution in [3.8, 4) is 0 Å². The van der Waals surface area contributed by atoms with Gasteiger partial charge in [0.1, 0.15) is 0 Å². The largest absolute Gasteiger partial charge is 0.290 e. The van der Waals surface area contributed by atoms with Gasteiger partial charge in [-0.1, -0.05) is 97.1 Å². The molecule has 0 aliphatic heterocycles. The molecule has 7 aromatic carbocycles. The molecule has 0 fully saturated rings. The van der Waals surface area contributed by atoms with Crippen LogP contribution in [0.4, 0.5) is 0 Å². The van der Waals surface area contributed by atoms with Crippen molar-refractivity contribution in [3.05, 3.63) is 166 Å². The van der Waals surface area contributed by atoms with Gasteiger partial charge in [0.05, 0.1) is 0 Å². The molecule has 0 aliphatic carbocycles. The van der Waals surface area contributed by atoms with E-state index in [2.05, 4.69) is 72.8 Å². The molecule has 0 aliphatic rings. The molecule has 0 heterocycles. The summed E-state index contributed by atoms with van der Waals surface area (Å²) in [6.45, 7) is 0. The number of hydrogen-bond donors (Lipinski definition) is 0. The van der Waals surface area contributed by atoms with Gasteiger partial charge >= 0.3 is 0 Å². The van der Waals surface area contributed by atoms with Gasteiger partial charge in [-0.2, -0.15) is 0 Å². The molecule has 188 valence electrons. The van der Waals surface area contributed by atoms with Crippen molar-refractivity contribution < 1.29 is 0 Å². The lowest BCUT2D eigenvalue weighted by Crippen LogP contribution is -1.89. The average molecular weight is 513 g/mol. The smallest absolute Gasteiger partial charge is 0.178 e. The van der Waals surface area contributed by atoms with E-state index in [-0.39, 0.29) is 10.9 Å². The topological polar surface area (TPSA) is 34.1 Å². The second-order valence-corrected chi connectivity index (χ2v) is 10.2. The van der Waals surface area contributed by atoms with Crippen molar-refractivity contribution in [2.24, 2.45) is 0 Å². The van der Waals surface area contributed by atoms with Gasteiger partial charge in [0.2, 0.25) is 0 Å². The van der Waals surface area contributed by atoms with Crippen LogP contribution >= 0.6 is 0 Å². The summed E-state index contributed by atoms with van der Waals surface area (Å²) in [5, 5.41) is 12.7. The van der Waals surface area contributed by atoms with Gasteiger partial charge < -0.3 is 0 Å². The van der Waals surface area contributed by atoms with Crippen molar-refractivity contribution >= 4 is 64.6 Å². The second kappa shape index (κ2) is 9.76. The van der Waals surface area contributed by atoms with E-state index in [0.29, 0.717) is 0 Å². The number of benzene rings is 6. The summed E-state index contributed by atoms with van der Waals surface area (Å²) in [5.41, 5.74) is -0.134. The summed E-state index contributed by atoms with van der Waals surface area (Å²) in [6.07, 6.45) is 0. The summed E-state index contributed by atoms with van der Waals surface area (Å²) < 4.78 is 0. The Hall–Kier alpha value is -5.34. The van der Waals surface area contributed by atoms with Crippen LogP contribution in [0, 0.1) is 0 Å². The Morgan fingerprint density at radius 1 is 0.250 bits per heavy atom. The maximum absolute atomic E-state index is 12.8. The van der Waals surface area contributed by atoms with Gasteiger partial charge in [0.25, 0.3) is 0 Å². The lowest BCUT2D eigenvalue weighted by molar-refractivity contribution is 1.65. The van der Waals surface area contributed by atoms with E-state index in [9.17, 15) is 9.59 Å². The minimum atomic E-state index is -0.0670. The lowest BCUT2D eigenvalue weighted by atomic mass is 9.99. The molecule has 8 bridgehead atoms. The van der Waals surface area contributed by atoms with Crippen LogP contribution in [-0.4, -0.2) is 0 Å². The molecule has 0 unspecified atom stereocenters. The zero-order chi connectivity index (χ0) is 27.1. The Kier molecular flexibility index (Phi) is 5.79. The summed E-state index contributed by atoms with van der Waals surface area (Å²) in [6, 6.07) is 47.2. The highest BCUT2D eigenvalue weighted by Gasteiger charge is 2.02. The van der Waals surface area contributed by atoms with Gasteiger partial charge in [-0.3, -0.25) is 9.59 Å². The molecule has 40 heavy (non-hydrogen) atoms. The van der Waals surface area contributed by atoms with E-state index in [1.807, 2.05) is 48.5 Å². The molecule has 7 aromatic rings. The normalized spacial score (nSPS) is 11.2. The van der Waals surface area contributed by atoms with Crippen LogP contribution in [0.5, 0.6) is 0 Å². The molecule has 0 atom stereocenters. The molecule has 0 saturated heterocycles. The molecule has 0 N–H and O–H groups in total. The highest BCUT2D eigenvalue weighted by Crippen LogP contribution is 2.29. The number of rotatable bonds is 0. The maximum Gasteiger partial charge on any atom is 0.178 e. The maximum atomic E-state index is 12.8. The third-order valence-electron chi connectivity index (χ3n) is 7.53. The average Bonchev–Trinajstić information content (AvgIpc) is 2.99. The standard InChI is InChI=1S/C38H24O2/c39-33-17-5-25-1-9-29-13-14-30-10-2-26(22-36(30)35(29)21-25)7-19-34(40)20-8-28-4-12-32-16-15-31-11-3-27(6-18-33)23-37(31)38(32)24-28/h1-24H. The molecular formula is C38H24O2. The Morgan fingerprint density at radius 3 is 0.700 bits per heavy atom. The minimum Gasteiger partial charge on any atom is -0.290 e. The van der Waals surface area contributed by atoms with Crippen molar-refractivity contribution in [3.63, 3.8) is 0 Å². The monoisotopic (exact) mass is 512 g/mol. The van der Waals surface area contributed by atoms with E-state index >= 15 is 0 Å². The molecular weight excluding hydrogens is 488 g/mol. The highest BCUT2D eigenvalue weighted by molar-refractivity contribution is 6.11. The van der Waals surface area contributed by atoms with Gasteiger partial charge in [-0.05, 0) is 113 Å². The van der Waals surface area contributed by atoms with Crippen LogP contribution in [0.2, 0.25) is 0 Å². The molecule has 2 nitrogen and oxygen atoms in total. The number of hydrogen-bond acceptors (Lipinski definition) is 2. The van der Waals surface area contributed by atoms with Crippen LogP contribution in [0.1, 0.15) is 0 Å². The molecule has 0 saturated carbocycles. The molecule has 0 radical (unpaired) electrons. The Morgan fingerprint density at radius 2 is 0.450 bits per heavy atom. The fraction of sp³-hybridized carbons (Fsp3) is 0. The van der Waals surface area contributed by atoms with E-state index in [0.717, 1.165) is 64.6 Å². The van der Waals surface area contributed by atoms with Crippen molar-refractivity contribution in [1.82, 2.24) is 0 Å². The van der Waals surface area contributed by atoms with Crippen molar-refractivity contribution in [2.75, 3.05) is 0 Å². The van der Waals surface area contributed by atoms with Crippen molar-refractivity contribution in [1.29, 1.82) is 0 Å². The zero-order valence-electron chi connectivity index (χ0n) is 21.7. The fourth-order valence-electron chi connectivity index (χ4n) is 5.41. The van der Waals surface area contributed by atoms with Crippen LogP contribution in [-0.2, 0) is 0 Å². The summed E-state index contributed by atoms with van der Waals surface area (Å²) in [4.78, 5) is 25.5. The predicted molar refractivity (Wildman–Crippen MR) is 170 cm³/mol. The Labute approximate surface area is 230 Å². The van der Waals surface area contributed by atoms with E-state index in [4.69, 9.17) is 0 Å². The van der Waals surface area contributed by atoms with Gasteiger partial charge in [0.15, 0.2) is 10.9 Å². The Bertz CT molecular complexity index is 2040. The number of fused-ring (bicyclic) bond motifs is 4. The first-order valence-electron chi connectivity index (χ1n) is 13.3.